The van der Waals surface area contributed by atoms with Gasteiger partial charge in [-0.05, 0) is 82.4 Å². The Morgan fingerprint density at radius 1 is 0.804 bits per heavy atom. The highest BCUT2D eigenvalue weighted by Crippen LogP contribution is 2.54. The first-order chi connectivity index (χ1) is 23.4. The second-order valence-electron chi connectivity index (χ2n) is 12.9. The summed E-state index contributed by atoms with van der Waals surface area (Å²) in [6.07, 6.45) is -8.93. The average Bonchev–Trinajstić information content (AvgIpc) is 3.02. The van der Waals surface area contributed by atoms with E-state index in [4.69, 9.17) is 9.47 Å². The second kappa shape index (κ2) is 16.8. The maximum Gasteiger partial charge on any atom is 0.460 e. The summed E-state index contributed by atoms with van der Waals surface area (Å²) in [5, 5.41) is 0. The maximum atomic E-state index is 14.0. The van der Waals surface area contributed by atoms with E-state index in [0.717, 1.165) is 17.0 Å². The van der Waals surface area contributed by atoms with E-state index in [1.54, 1.807) is 71.9 Å². The molecule has 0 saturated carbocycles. The van der Waals surface area contributed by atoms with Crippen molar-refractivity contribution < 1.29 is 58.6 Å². The van der Waals surface area contributed by atoms with Crippen LogP contribution in [0.4, 0.5) is 44.3 Å². The molecular weight excluding hydrogens is 693 g/mol. The zero-order valence-electron chi connectivity index (χ0n) is 29.0. The highest BCUT2D eigenvalue weighted by atomic mass is 19.4. The lowest BCUT2D eigenvalue weighted by molar-refractivity contribution is -0.396. The van der Waals surface area contributed by atoms with Crippen molar-refractivity contribution in [1.29, 1.82) is 0 Å². The third-order valence-corrected chi connectivity index (χ3v) is 7.25. The second-order valence-corrected chi connectivity index (χ2v) is 12.9. The summed E-state index contributed by atoms with van der Waals surface area (Å²) < 4.78 is 130. The minimum absolute atomic E-state index is 0.0903. The summed E-state index contributed by atoms with van der Waals surface area (Å²) in [6, 6.07) is 13.7. The maximum absolute atomic E-state index is 14.0. The molecule has 0 aromatic heterocycles. The number of carbonyl (C=O) groups excluding carboxylic acids is 2. The van der Waals surface area contributed by atoms with E-state index in [1.807, 2.05) is 0 Å². The highest BCUT2D eigenvalue weighted by molar-refractivity contribution is 5.88. The molecule has 1 atom stereocenters. The number of benzene rings is 2. The summed E-state index contributed by atoms with van der Waals surface area (Å²) in [6.45, 7) is 9.56. The fourth-order valence-electron chi connectivity index (χ4n) is 4.57. The number of esters is 1. The van der Waals surface area contributed by atoms with Crippen molar-refractivity contribution in [1.82, 2.24) is 4.90 Å². The Hall–Kier alpha value is -4.37. The fraction of sp³-hybridized carbons (Fsp3) is 0.486. The van der Waals surface area contributed by atoms with Gasteiger partial charge in [0.25, 0.3) is 0 Å². The molecule has 0 spiro atoms. The first-order valence-corrected chi connectivity index (χ1v) is 15.8. The van der Waals surface area contributed by atoms with Crippen molar-refractivity contribution in [3.8, 4) is 11.8 Å². The lowest BCUT2D eigenvalue weighted by Crippen LogP contribution is -2.60. The predicted octanol–water partition coefficient (Wildman–Crippen LogP) is 10.1. The predicted molar refractivity (Wildman–Crippen MR) is 172 cm³/mol. The van der Waals surface area contributed by atoms with Crippen molar-refractivity contribution >= 4 is 12.1 Å². The van der Waals surface area contributed by atoms with Crippen LogP contribution in [0.5, 0.6) is 0 Å². The van der Waals surface area contributed by atoms with Crippen molar-refractivity contribution in [2.24, 2.45) is 0 Å². The van der Waals surface area contributed by atoms with Gasteiger partial charge in [-0.25, -0.2) is 9.59 Å². The van der Waals surface area contributed by atoms with Gasteiger partial charge in [-0.3, -0.25) is 4.90 Å². The van der Waals surface area contributed by atoms with Crippen LogP contribution in [0.3, 0.4) is 0 Å². The number of amides is 1. The van der Waals surface area contributed by atoms with Crippen LogP contribution in [0.2, 0.25) is 0 Å². The van der Waals surface area contributed by atoms with Gasteiger partial charge in [0.1, 0.15) is 12.2 Å². The van der Waals surface area contributed by atoms with Gasteiger partial charge >= 0.3 is 36.0 Å². The molecule has 1 unspecified atom stereocenters. The standard InChI is InChI=1S/C37H40F9NO4/c1-7-21-33(22-19-26(2)3,30(48)51-32(4,5)6)47(24-11-14-27-12-9-8-10-13-27)31(49)50-25-29-17-15-28(16-18-29)20-23-34(38,39)35(40,41)36(42,43)37(44,45)46/h8-10,12-13,15-18,22H,7,20-21,23-25H2,1-6H3. The fourth-order valence-corrected chi connectivity index (χ4v) is 4.57. The molecule has 1 amide bonds. The first-order valence-electron chi connectivity index (χ1n) is 15.8. The zero-order valence-corrected chi connectivity index (χ0v) is 29.0. The Bertz CT molecular complexity index is 1610. The van der Waals surface area contributed by atoms with Crippen LogP contribution in [-0.2, 0) is 27.3 Å². The van der Waals surface area contributed by atoms with Gasteiger partial charge < -0.3 is 9.47 Å². The van der Waals surface area contributed by atoms with E-state index in [-0.39, 0.29) is 24.1 Å². The van der Waals surface area contributed by atoms with E-state index in [0.29, 0.717) is 17.6 Å². The van der Waals surface area contributed by atoms with Gasteiger partial charge in [-0.15, -0.1) is 5.73 Å². The minimum atomic E-state index is -6.96. The Balaban J connectivity index is 2.39. The van der Waals surface area contributed by atoms with Gasteiger partial charge in [0.15, 0.2) is 5.54 Å². The molecule has 5 nitrogen and oxygen atoms in total. The summed E-state index contributed by atoms with van der Waals surface area (Å²) in [5.74, 6) is -14.3. The van der Waals surface area contributed by atoms with E-state index >= 15 is 0 Å². The van der Waals surface area contributed by atoms with Gasteiger partial charge in [-0.1, -0.05) is 67.6 Å². The Labute approximate surface area is 291 Å². The molecule has 0 N–H and O–H groups in total. The van der Waals surface area contributed by atoms with Gasteiger partial charge in [0.2, 0.25) is 0 Å². The molecule has 0 radical (unpaired) electrons. The van der Waals surface area contributed by atoms with Gasteiger partial charge in [0.05, 0.1) is 6.54 Å². The van der Waals surface area contributed by atoms with Gasteiger partial charge in [0, 0.05) is 12.0 Å². The zero-order chi connectivity index (χ0) is 38.9. The third kappa shape index (κ3) is 11.1. The third-order valence-electron chi connectivity index (χ3n) is 7.25. The molecule has 2 aromatic rings. The lowest BCUT2D eigenvalue weighted by Gasteiger charge is -2.39. The topological polar surface area (TPSA) is 55.8 Å². The van der Waals surface area contributed by atoms with Crippen molar-refractivity contribution in [3.05, 3.63) is 88.7 Å². The number of carbonyl (C=O) groups is 2. The van der Waals surface area contributed by atoms with Crippen LogP contribution < -0.4 is 0 Å². The molecule has 0 bridgehead atoms. The number of alkyl halides is 9. The SMILES string of the molecule is CCCC(C=C=C(C)C)(C(=O)OC(C)(C)C)N(CC#Cc1ccccc1)C(=O)OCc1ccc(CCC(F)(F)C(F)(F)C(F)(F)C(F)(F)F)cc1. The molecule has 280 valence electrons. The van der Waals surface area contributed by atoms with Crippen LogP contribution in [0.15, 0.2) is 72.0 Å². The molecular formula is C37H40F9NO4. The Kier molecular flexibility index (Phi) is 14.1. The molecule has 2 aromatic carbocycles. The van der Waals surface area contributed by atoms with Crippen molar-refractivity contribution in [2.45, 2.75) is 109 Å². The lowest BCUT2D eigenvalue weighted by atomic mass is 9.90. The molecule has 0 aliphatic rings. The summed E-state index contributed by atoms with van der Waals surface area (Å²) in [4.78, 5) is 28.8. The van der Waals surface area contributed by atoms with Crippen LogP contribution in [0.25, 0.3) is 0 Å². The minimum Gasteiger partial charge on any atom is -0.458 e. The monoisotopic (exact) mass is 733 g/mol. The number of hydrogen-bond acceptors (Lipinski definition) is 4. The van der Waals surface area contributed by atoms with Gasteiger partial charge in [-0.2, -0.15) is 39.5 Å². The molecule has 0 heterocycles. The summed E-state index contributed by atoms with van der Waals surface area (Å²) in [5.41, 5.74) is 1.85. The largest absolute Gasteiger partial charge is 0.460 e. The first kappa shape index (κ1) is 42.8. The molecule has 2 rings (SSSR count). The summed E-state index contributed by atoms with van der Waals surface area (Å²) >= 11 is 0. The normalized spacial score (nSPS) is 13.5. The number of halogens is 9. The van der Waals surface area contributed by atoms with Crippen LogP contribution >= 0.6 is 0 Å². The van der Waals surface area contributed by atoms with Crippen molar-refractivity contribution in [2.75, 3.05) is 6.54 Å². The molecule has 14 heteroatoms. The van der Waals surface area contributed by atoms with E-state index in [2.05, 4.69) is 17.6 Å². The smallest absolute Gasteiger partial charge is 0.458 e. The molecule has 0 saturated heterocycles. The number of aryl methyl sites for hydroxylation is 1. The number of nitrogens with zero attached hydrogens (tertiary/aromatic N) is 1. The number of rotatable bonds is 13. The van der Waals surface area contributed by atoms with Crippen LogP contribution in [0.1, 0.15) is 77.5 Å². The van der Waals surface area contributed by atoms with E-state index in [9.17, 15) is 49.1 Å². The molecule has 0 aliphatic heterocycles. The Morgan fingerprint density at radius 3 is 1.88 bits per heavy atom. The highest BCUT2D eigenvalue weighted by Gasteiger charge is 2.81. The summed E-state index contributed by atoms with van der Waals surface area (Å²) in [7, 11) is 0. The average molecular weight is 734 g/mol. The van der Waals surface area contributed by atoms with E-state index < -0.39 is 66.6 Å². The number of hydrogen-bond donors (Lipinski definition) is 0. The Morgan fingerprint density at radius 2 is 1.37 bits per heavy atom. The van der Waals surface area contributed by atoms with E-state index in [1.165, 1.54) is 18.2 Å². The molecule has 0 fully saturated rings. The van der Waals surface area contributed by atoms with Crippen LogP contribution in [0, 0.1) is 11.8 Å². The van der Waals surface area contributed by atoms with Crippen molar-refractivity contribution in [3.63, 3.8) is 0 Å². The molecule has 51 heavy (non-hydrogen) atoms. The molecule has 0 aliphatic carbocycles. The number of ether oxygens (including phenoxy) is 2. The quantitative estimate of drug-likeness (QED) is 0.0891. The van der Waals surface area contributed by atoms with Crippen LogP contribution in [-0.4, -0.2) is 58.6 Å².